The van der Waals surface area contributed by atoms with E-state index in [0.717, 1.165) is 6.07 Å². The summed E-state index contributed by atoms with van der Waals surface area (Å²) in [5.41, 5.74) is 0.356. The molecule has 3 nitrogen and oxygen atoms in total. The lowest BCUT2D eigenvalue weighted by atomic mass is 10.2. The molecule has 0 fully saturated rings. The Morgan fingerprint density at radius 3 is 2.68 bits per heavy atom. The number of halogens is 3. The number of nitrogens with zero attached hydrogens (tertiary/aromatic N) is 2. The molecule has 1 heterocycles. The van der Waals surface area contributed by atoms with Crippen LogP contribution in [0.3, 0.4) is 0 Å². The van der Waals surface area contributed by atoms with Crippen molar-refractivity contribution < 1.29 is 8.78 Å². The zero-order chi connectivity index (χ0) is 13.8. The van der Waals surface area contributed by atoms with E-state index in [1.165, 1.54) is 12.1 Å². The van der Waals surface area contributed by atoms with Crippen LogP contribution in [0.2, 0.25) is 5.15 Å². The summed E-state index contributed by atoms with van der Waals surface area (Å²) in [7, 11) is 0. The largest absolute Gasteiger partial charge is 0.366 e. The molecule has 100 valence electrons. The van der Waals surface area contributed by atoms with Gasteiger partial charge in [-0.1, -0.05) is 24.6 Å². The molecule has 19 heavy (non-hydrogen) atoms. The zero-order valence-electron chi connectivity index (χ0n) is 10.3. The summed E-state index contributed by atoms with van der Waals surface area (Å²) < 4.78 is 26.2. The van der Waals surface area contributed by atoms with Gasteiger partial charge in [-0.15, -0.1) is 0 Å². The van der Waals surface area contributed by atoms with Crippen molar-refractivity contribution in [2.24, 2.45) is 0 Å². The summed E-state index contributed by atoms with van der Waals surface area (Å²) in [5.74, 6) is -0.0712. The van der Waals surface area contributed by atoms with Crippen LogP contribution in [0, 0.1) is 11.6 Å². The summed E-state index contributed by atoms with van der Waals surface area (Å²) in [6, 6.07) is 5.01. The Bertz CT molecular complexity index is 590. The van der Waals surface area contributed by atoms with Gasteiger partial charge in [-0.2, -0.15) is 0 Å². The highest BCUT2D eigenvalue weighted by Crippen LogP contribution is 2.15. The minimum absolute atomic E-state index is 0.197. The fourth-order valence-corrected chi connectivity index (χ4v) is 1.77. The number of nitrogens with one attached hydrogen (secondary N) is 1. The molecule has 0 aliphatic heterocycles. The van der Waals surface area contributed by atoms with Crippen molar-refractivity contribution in [3.8, 4) is 0 Å². The van der Waals surface area contributed by atoms with Crippen molar-refractivity contribution in [3.05, 3.63) is 52.4 Å². The van der Waals surface area contributed by atoms with E-state index in [-0.39, 0.29) is 6.54 Å². The molecular weight excluding hydrogens is 272 g/mol. The average molecular weight is 284 g/mol. The maximum Gasteiger partial charge on any atom is 0.134 e. The van der Waals surface area contributed by atoms with Crippen LogP contribution in [0.1, 0.15) is 18.3 Å². The van der Waals surface area contributed by atoms with Crippen LogP contribution in [0.15, 0.2) is 24.3 Å². The first kappa shape index (κ1) is 13.7. The molecule has 0 saturated heterocycles. The summed E-state index contributed by atoms with van der Waals surface area (Å²) in [6.45, 7) is 2.11. The number of aryl methyl sites for hydroxylation is 1. The molecular formula is C13H12ClF2N3. The van der Waals surface area contributed by atoms with E-state index in [2.05, 4.69) is 15.3 Å². The molecule has 0 amide bonds. The quantitative estimate of drug-likeness (QED) is 0.872. The van der Waals surface area contributed by atoms with E-state index in [4.69, 9.17) is 11.6 Å². The molecule has 2 rings (SSSR count). The Hall–Kier alpha value is -1.75. The Morgan fingerprint density at radius 2 is 2.00 bits per heavy atom. The van der Waals surface area contributed by atoms with E-state index in [0.29, 0.717) is 28.8 Å². The standard InChI is InChI=1S/C13H12ClF2N3/c1-2-12-18-11(14)6-13(19-12)17-7-8-3-4-9(15)5-10(8)16/h3-6H,2,7H2,1H3,(H,17,18,19). The van der Waals surface area contributed by atoms with Crippen LogP contribution in [-0.4, -0.2) is 9.97 Å². The molecule has 0 bridgehead atoms. The van der Waals surface area contributed by atoms with Gasteiger partial charge in [0.2, 0.25) is 0 Å². The zero-order valence-corrected chi connectivity index (χ0v) is 11.0. The van der Waals surface area contributed by atoms with Crippen LogP contribution < -0.4 is 5.32 Å². The van der Waals surface area contributed by atoms with Gasteiger partial charge in [0.25, 0.3) is 0 Å². The summed E-state index contributed by atoms with van der Waals surface area (Å²) in [4.78, 5) is 8.24. The summed E-state index contributed by atoms with van der Waals surface area (Å²) in [5, 5.41) is 3.27. The minimum atomic E-state index is -0.598. The van der Waals surface area contributed by atoms with Gasteiger partial charge in [0.05, 0.1) is 0 Å². The third-order valence-corrected chi connectivity index (χ3v) is 2.73. The molecule has 0 atom stereocenters. The van der Waals surface area contributed by atoms with Gasteiger partial charge in [0.1, 0.15) is 28.4 Å². The predicted octanol–water partition coefficient (Wildman–Crippen LogP) is 3.58. The first-order valence-electron chi connectivity index (χ1n) is 5.79. The van der Waals surface area contributed by atoms with Crippen molar-refractivity contribution in [2.75, 3.05) is 5.32 Å². The third kappa shape index (κ3) is 3.61. The Morgan fingerprint density at radius 1 is 1.21 bits per heavy atom. The molecule has 1 aromatic carbocycles. The van der Waals surface area contributed by atoms with E-state index in [1.54, 1.807) is 6.07 Å². The first-order chi connectivity index (χ1) is 9.08. The van der Waals surface area contributed by atoms with E-state index >= 15 is 0 Å². The van der Waals surface area contributed by atoms with E-state index < -0.39 is 11.6 Å². The number of anilines is 1. The summed E-state index contributed by atoms with van der Waals surface area (Å²) >= 11 is 5.85. The molecule has 0 radical (unpaired) electrons. The second-order valence-electron chi connectivity index (χ2n) is 3.93. The van der Waals surface area contributed by atoms with Crippen molar-refractivity contribution in [1.82, 2.24) is 9.97 Å². The number of benzene rings is 1. The lowest BCUT2D eigenvalue weighted by Crippen LogP contribution is -2.06. The predicted molar refractivity (Wildman–Crippen MR) is 70.1 cm³/mol. The highest BCUT2D eigenvalue weighted by Gasteiger charge is 2.05. The smallest absolute Gasteiger partial charge is 0.134 e. The Kier molecular flexibility index (Phi) is 4.27. The molecule has 0 aliphatic rings. The molecule has 0 aliphatic carbocycles. The molecule has 0 spiro atoms. The lowest BCUT2D eigenvalue weighted by molar-refractivity contribution is 0.574. The molecule has 1 N–H and O–H groups in total. The van der Waals surface area contributed by atoms with Crippen LogP contribution in [-0.2, 0) is 13.0 Å². The fourth-order valence-electron chi connectivity index (χ4n) is 1.56. The van der Waals surface area contributed by atoms with Crippen molar-refractivity contribution in [3.63, 3.8) is 0 Å². The lowest BCUT2D eigenvalue weighted by Gasteiger charge is -2.08. The molecule has 0 unspecified atom stereocenters. The van der Waals surface area contributed by atoms with Crippen LogP contribution in [0.25, 0.3) is 0 Å². The monoisotopic (exact) mass is 283 g/mol. The first-order valence-corrected chi connectivity index (χ1v) is 6.17. The maximum absolute atomic E-state index is 13.4. The van der Waals surface area contributed by atoms with Crippen LogP contribution in [0.5, 0.6) is 0 Å². The van der Waals surface area contributed by atoms with Gasteiger partial charge in [-0.3, -0.25) is 0 Å². The normalized spacial score (nSPS) is 10.5. The van der Waals surface area contributed by atoms with Gasteiger partial charge in [0.15, 0.2) is 0 Å². The molecule has 0 saturated carbocycles. The Balaban J connectivity index is 2.12. The number of hydrogen-bond donors (Lipinski definition) is 1. The SMILES string of the molecule is CCc1nc(Cl)cc(NCc2ccc(F)cc2F)n1. The van der Waals surface area contributed by atoms with Gasteiger partial charge in [0, 0.05) is 30.7 Å². The van der Waals surface area contributed by atoms with Gasteiger partial charge in [-0.05, 0) is 6.07 Å². The second-order valence-corrected chi connectivity index (χ2v) is 4.32. The van der Waals surface area contributed by atoms with Crippen molar-refractivity contribution in [1.29, 1.82) is 0 Å². The van der Waals surface area contributed by atoms with Crippen molar-refractivity contribution in [2.45, 2.75) is 19.9 Å². The van der Waals surface area contributed by atoms with Gasteiger partial charge < -0.3 is 5.32 Å². The number of rotatable bonds is 4. The Labute approximate surface area is 114 Å². The minimum Gasteiger partial charge on any atom is -0.366 e. The number of aromatic nitrogens is 2. The molecule has 1 aromatic heterocycles. The van der Waals surface area contributed by atoms with Gasteiger partial charge >= 0.3 is 0 Å². The fraction of sp³-hybridized carbons (Fsp3) is 0.231. The molecule has 2 aromatic rings. The third-order valence-electron chi connectivity index (χ3n) is 2.53. The van der Waals surface area contributed by atoms with Crippen LogP contribution >= 0.6 is 11.6 Å². The highest BCUT2D eigenvalue weighted by atomic mass is 35.5. The molecule has 6 heteroatoms. The average Bonchev–Trinajstić information content (AvgIpc) is 2.37. The van der Waals surface area contributed by atoms with E-state index in [1.807, 2.05) is 6.92 Å². The maximum atomic E-state index is 13.4. The number of hydrogen-bond acceptors (Lipinski definition) is 3. The van der Waals surface area contributed by atoms with Gasteiger partial charge in [-0.25, -0.2) is 18.7 Å². The van der Waals surface area contributed by atoms with Crippen LogP contribution in [0.4, 0.5) is 14.6 Å². The second kappa shape index (κ2) is 5.93. The highest BCUT2D eigenvalue weighted by molar-refractivity contribution is 6.29. The van der Waals surface area contributed by atoms with E-state index in [9.17, 15) is 8.78 Å². The topological polar surface area (TPSA) is 37.8 Å². The summed E-state index contributed by atoms with van der Waals surface area (Å²) in [6.07, 6.45) is 0.653. The van der Waals surface area contributed by atoms with Crippen molar-refractivity contribution >= 4 is 17.4 Å².